The number of piperazine rings is 1. The zero-order valence-corrected chi connectivity index (χ0v) is 40.2. The van der Waals surface area contributed by atoms with Crippen molar-refractivity contribution in [3.05, 3.63) is 81.0 Å². The molecule has 4 aromatic heterocycles. The number of anilines is 2. The van der Waals surface area contributed by atoms with Gasteiger partial charge in [0.1, 0.15) is 16.6 Å². The standard InChI is InChI=1S/C27H34ClN7O3S.C19H25ClN4O2/c1-32-11-13-33(14-12-32)26-17-22(18-6-7-18)29-25-16-23(30-35(25)26)24-5-3-4-10-34(24)27(36)20-15-19(28)8-9-21(20)31-39(2,37)38;1-19(2,3)26-18(25)23-9-5-4-6-15(23)14-11-17-21-13(12-7-8-12)10-16(20)24(17)22-14/h8-9,15-18,24,31H,3-7,10-14H2,1-2H3;10-12,15H,4-9H2,1-3H3/t24-;15-/m00/s1. The maximum Gasteiger partial charge on any atom is 0.410 e. The second-order valence-electron chi connectivity index (χ2n) is 19.3. The maximum absolute atomic E-state index is 13.9. The summed E-state index contributed by atoms with van der Waals surface area (Å²) in [6.07, 6.45) is 11.0. The molecule has 3 saturated heterocycles. The van der Waals surface area contributed by atoms with E-state index in [-0.39, 0.29) is 35.3 Å². The molecule has 0 unspecified atom stereocenters. The van der Waals surface area contributed by atoms with Crippen molar-refractivity contribution in [3.63, 3.8) is 0 Å². The van der Waals surface area contributed by atoms with Gasteiger partial charge in [-0.15, -0.1) is 0 Å². The highest BCUT2D eigenvalue weighted by Crippen LogP contribution is 2.42. The number of likely N-dealkylation sites (tertiary alicyclic amines) is 2. The van der Waals surface area contributed by atoms with E-state index >= 15 is 0 Å². The fourth-order valence-electron chi connectivity index (χ4n) is 9.13. The Labute approximate surface area is 390 Å². The van der Waals surface area contributed by atoms with E-state index in [9.17, 15) is 18.0 Å². The molecule has 0 radical (unpaired) electrons. The molecule has 3 aliphatic heterocycles. The minimum absolute atomic E-state index is 0.0965. The lowest BCUT2D eigenvalue weighted by atomic mass is 9.98. The van der Waals surface area contributed by atoms with Gasteiger partial charge in [-0.3, -0.25) is 14.4 Å². The molecule has 16 nitrogen and oxygen atoms in total. The lowest BCUT2D eigenvalue weighted by Gasteiger charge is -2.35. The predicted molar refractivity (Wildman–Crippen MR) is 252 cm³/mol. The first-order valence-corrected chi connectivity index (χ1v) is 25.6. The van der Waals surface area contributed by atoms with Crippen molar-refractivity contribution in [1.29, 1.82) is 0 Å². The average Bonchev–Trinajstić information content (AvgIpc) is 4.21. The highest BCUT2D eigenvalue weighted by molar-refractivity contribution is 7.92. The van der Waals surface area contributed by atoms with Gasteiger partial charge in [0, 0.05) is 85.7 Å². The first-order chi connectivity index (χ1) is 31.0. The first-order valence-electron chi connectivity index (χ1n) is 23.0. The number of rotatable bonds is 8. The molecule has 2 aliphatic carbocycles. The molecular weight excluding hydrogens is 890 g/mol. The van der Waals surface area contributed by atoms with Crippen molar-refractivity contribution < 1.29 is 22.7 Å². The van der Waals surface area contributed by atoms with E-state index in [0.717, 1.165) is 111 Å². The average molecular weight is 949 g/mol. The van der Waals surface area contributed by atoms with Gasteiger partial charge in [0.05, 0.1) is 41.0 Å². The van der Waals surface area contributed by atoms with Crippen LogP contribution in [0.5, 0.6) is 0 Å². The number of hydrogen-bond donors (Lipinski definition) is 1. The molecule has 2 amide bonds. The SMILES string of the molecule is CC(C)(C)OC(=O)N1CCCC[C@H]1c1cc2nc(C3CC3)cc(Cl)n2n1.CN1CCN(c2cc(C3CC3)nc3cc([C@@H]4CCCCN4C(=O)c4cc(Cl)ccc4NS(C)(=O)=O)nn23)CC1. The fourth-order valence-corrected chi connectivity index (χ4v) is 10.1. The minimum atomic E-state index is -3.58. The van der Waals surface area contributed by atoms with Gasteiger partial charge in [-0.25, -0.2) is 27.7 Å². The summed E-state index contributed by atoms with van der Waals surface area (Å²) in [7, 11) is -1.43. The van der Waals surface area contributed by atoms with Gasteiger partial charge in [0.15, 0.2) is 11.3 Å². The Bertz CT molecular complexity index is 2700. The first kappa shape index (κ1) is 45.4. The number of likely N-dealkylation sites (N-methyl/N-ethyl adjacent to an activating group) is 1. The third-order valence-electron chi connectivity index (χ3n) is 12.8. The molecule has 1 aromatic carbocycles. The topological polar surface area (TPSA) is 163 Å². The van der Waals surface area contributed by atoms with Crippen LogP contribution in [0, 0.1) is 0 Å². The van der Waals surface area contributed by atoms with E-state index in [4.69, 9.17) is 43.0 Å². The second kappa shape index (κ2) is 18.2. The third kappa shape index (κ3) is 10.5. The quantitative estimate of drug-likeness (QED) is 0.149. The maximum atomic E-state index is 13.9. The van der Waals surface area contributed by atoms with Crippen LogP contribution >= 0.6 is 23.2 Å². The van der Waals surface area contributed by atoms with E-state index in [1.165, 1.54) is 37.8 Å². The third-order valence-corrected chi connectivity index (χ3v) is 13.9. The van der Waals surface area contributed by atoms with Gasteiger partial charge >= 0.3 is 6.09 Å². The number of ether oxygens (including phenoxy) is 1. The van der Waals surface area contributed by atoms with Crippen LogP contribution in [0.4, 0.5) is 16.3 Å². The number of fused-ring (bicyclic) bond motifs is 2. The number of piperidine rings is 2. The molecule has 1 N–H and O–H groups in total. The Hall–Kier alpha value is -4.71. The summed E-state index contributed by atoms with van der Waals surface area (Å²) in [5, 5.41) is 10.6. The van der Waals surface area contributed by atoms with Crippen LogP contribution in [0.15, 0.2) is 42.5 Å². The number of nitrogens with one attached hydrogen (secondary N) is 1. The molecule has 0 spiro atoms. The monoisotopic (exact) mass is 947 g/mol. The van der Waals surface area contributed by atoms with Crippen LogP contribution in [0.3, 0.4) is 0 Å². The zero-order valence-electron chi connectivity index (χ0n) is 37.8. The van der Waals surface area contributed by atoms with Gasteiger partial charge in [0.2, 0.25) is 10.0 Å². The van der Waals surface area contributed by atoms with Crippen molar-refractivity contribution in [1.82, 2.24) is 43.9 Å². The second-order valence-corrected chi connectivity index (χ2v) is 21.9. The van der Waals surface area contributed by atoms with Crippen LogP contribution in [0.25, 0.3) is 11.3 Å². The number of halogens is 2. The largest absolute Gasteiger partial charge is 0.444 e. The molecule has 2 saturated carbocycles. The molecule has 2 atom stereocenters. The number of carbonyl (C=O) groups excluding carboxylic acids is 2. The fraction of sp³-hybridized carbons (Fsp3) is 0.565. The summed E-state index contributed by atoms with van der Waals surface area (Å²) in [4.78, 5) is 44.6. The van der Waals surface area contributed by atoms with Gasteiger partial charge in [0.25, 0.3) is 5.91 Å². The van der Waals surface area contributed by atoms with Crippen LogP contribution in [0.1, 0.15) is 142 Å². The molecule has 5 fully saturated rings. The summed E-state index contributed by atoms with van der Waals surface area (Å²) in [5.74, 6) is 1.83. The number of nitrogens with zero attached hydrogens (tertiary/aromatic N) is 10. The Balaban J connectivity index is 0.000000178. The van der Waals surface area contributed by atoms with Crippen molar-refractivity contribution in [2.75, 3.05) is 62.2 Å². The number of aromatic nitrogens is 6. The number of benzene rings is 1. The summed E-state index contributed by atoms with van der Waals surface area (Å²) in [5.41, 5.74) is 5.30. The number of amides is 2. The number of carbonyl (C=O) groups is 2. The summed E-state index contributed by atoms with van der Waals surface area (Å²) in [6, 6.07) is 12.4. The Morgan fingerprint density at radius 3 is 1.88 bits per heavy atom. The smallest absolute Gasteiger partial charge is 0.410 e. The minimum Gasteiger partial charge on any atom is -0.444 e. The molecule has 0 bridgehead atoms. The number of hydrogen-bond acceptors (Lipinski definition) is 11. The van der Waals surface area contributed by atoms with Gasteiger partial charge in [-0.05, 0) is 116 Å². The van der Waals surface area contributed by atoms with E-state index in [0.29, 0.717) is 35.1 Å². The molecule has 5 aliphatic rings. The van der Waals surface area contributed by atoms with Gasteiger partial charge in [-0.2, -0.15) is 14.7 Å². The lowest BCUT2D eigenvalue weighted by molar-refractivity contribution is 0.00895. The van der Waals surface area contributed by atoms with Crippen LogP contribution in [-0.2, 0) is 14.8 Å². The van der Waals surface area contributed by atoms with E-state index < -0.39 is 15.6 Å². The highest BCUT2D eigenvalue weighted by atomic mass is 35.5. The van der Waals surface area contributed by atoms with E-state index in [2.05, 4.69) is 32.7 Å². The summed E-state index contributed by atoms with van der Waals surface area (Å²) >= 11 is 12.7. The number of sulfonamides is 1. The van der Waals surface area contributed by atoms with Crippen molar-refractivity contribution >= 4 is 68.0 Å². The van der Waals surface area contributed by atoms with Crippen molar-refractivity contribution in [2.45, 2.75) is 114 Å². The van der Waals surface area contributed by atoms with Gasteiger partial charge in [-0.1, -0.05) is 23.2 Å². The van der Waals surface area contributed by atoms with Crippen LogP contribution < -0.4 is 9.62 Å². The van der Waals surface area contributed by atoms with E-state index in [1.807, 2.05) is 48.4 Å². The Morgan fingerprint density at radius 2 is 1.28 bits per heavy atom. The molecule has 10 rings (SSSR count). The van der Waals surface area contributed by atoms with Gasteiger partial charge < -0.3 is 19.4 Å². The Kier molecular flexibility index (Phi) is 12.7. The Morgan fingerprint density at radius 1 is 0.708 bits per heavy atom. The summed E-state index contributed by atoms with van der Waals surface area (Å²) in [6.45, 7) is 10.7. The van der Waals surface area contributed by atoms with Crippen LogP contribution in [0.2, 0.25) is 10.2 Å². The molecule has 348 valence electrons. The molecule has 65 heavy (non-hydrogen) atoms. The van der Waals surface area contributed by atoms with Crippen LogP contribution in [-0.4, -0.2) is 122 Å². The normalized spacial score (nSPS) is 21.1. The van der Waals surface area contributed by atoms with Crippen molar-refractivity contribution in [2.24, 2.45) is 0 Å². The lowest BCUT2D eigenvalue weighted by Crippen LogP contribution is -2.45. The summed E-state index contributed by atoms with van der Waals surface area (Å²) < 4.78 is 35.7. The van der Waals surface area contributed by atoms with E-state index in [1.54, 1.807) is 15.5 Å². The zero-order chi connectivity index (χ0) is 45.8. The molecular formula is C46H59Cl2N11O5S. The molecule has 7 heterocycles. The molecule has 5 aromatic rings. The molecule has 19 heteroatoms. The predicted octanol–water partition coefficient (Wildman–Crippen LogP) is 8.47. The van der Waals surface area contributed by atoms with Crippen molar-refractivity contribution in [3.8, 4) is 0 Å². The highest BCUT2D eigenvalue weighted by Gasteiger charge is 2.36.